The molecule has 1 nitrogen and oxygen atoms in total. The van der Waals surface area contributed by atoms with E-state index >= 15 is 0 Å². The van der Waals surface area contributed by atoms with Crippen molar-refractivity contribution in [2.24, 2.45) is 0 Å². The van der Waals surface area contributed by atoms with Crippen molar-refractivity contribution in [2.75, 3.05) is 13.1 Å². The Kier molecular flexibility index (Phi) is 5.05. The molecule has 0 radical (unpaired) electrons. The van der Waals surface area contributed by atoms with Crippen LogP contribution in [0.25, 0.3) is 0 Å². The Bertz CT molecular complexity index is 644. The van der Waals surface area contributed by atoms with Crippen LogP contribution >= 0.6 is 43.5 Å². The molecule has 1 N–H and O–H groups in total. The van der Waals surface area contributed by atoms with Gasteiger partial charge in [0.2, 0.25) is 0 Å². The fourth-order valence-corrected chi connectivity index (χ4v) is 3.93. The molecule has 2 aromatic rings. The molecule has 110 valence electrons. The first-order valence-corrected chi connectivity index (χ1v) is 9.02. The molecule has 0 spiro atoms. The second-order valence-electron chi connectivity index (χ2n) is 5.43. The molecular weight excluding hydrogens is 413 g/mol. The Balaban J connectivity index is 1.96. The van der Waals surface area contributed by atoms with E-state index in [1.165, 1.54) is 11.1 Å². The largest absolute Gasteiger partial charge is 0.316 e. The van der Waals surface area contributed by atoms with Crippen molar-refractivity contribution in [3.8, 4) is 0 Å². The maximum atomic E-state index is 6.17. The lowest BCUT2D eigenvalue weighted by Crippen LogP contribution is -2.34. The fourth-order valence-electron chi connectivity index (χ4n) is 3.09. The van der Waals surface area contributed by atoms with Crippen molar-refractivity contribution in [3.05, 3.63) is 67.6 Å². The molecule has 1 aliphatic rings. The topological polar surface area (TPSA) is 12.0 Å². The molecule has 0 amide bonds. The normalized spacial score (nSPS) is 22.2. The van der Waals surface area contributed by atoms with Crippen molar-refractivity contribution in [1.29, 1.82) is 0 Å². The van der Waals surface area contributed by atoms with Crippen molar-refractivity contribution in [2.45, 2.75) is 18.3 Å². The Hall–Kier alpha value is -0.350. The third kappa shape index (κ3) is 3.53. The Labute approximate surface area is 147 Å². The highest BCUT2D eigenvalue weighted by molar-refractivity contribution is 9.13. The van der Waals surface area contributed by atoms with E-state index in [9.17, 15) is 0 Å². The van der Waals surface area contributed by atoms with Gasteiger partial charge in [0, 0.05) is 26.4 Å². The SMILES string of the molecule is Clc1cccc(C2CNCCC2c2ccc(Br)c(Br)c2)c1. The molecule has 0 saturated carbocycles. The Morgan fingerprint density at radius 1 is 0.952 bits per heavy atom. The average Bonchev–Trinajstić information content (AvgIpc) is 2.50. The molecule has 0 aromatic heterocycles. The van der Waals surface area contributed by atoms with Crippen LogP contribution in [0.5, 0.6) is 0 Å². The minimum Gasteiger partial charge on any atom is -0.316 e. The van der Waals surface area contributed by atoms with Crippen LogP contribution in [0.3, 0.4) is 0 Å². The van der Waals surface area contributed by atoms with E-state index in [2.05, 4.69) is 67.5 Å². The van der Waals surface area contributed by atoms with Crippen LogP contribution in [0.15, 0.2) is 51.4 Å². The van der Waals surface area contributed by atoms with E-state index < -0.39 is 0 Å². The minimum absolute atomic E-state index is 0.463. The Morgan fingerprint density at radius 2 is 1.76 bits per heavy atom. The summed E-state index contributed by atoms with van der Waals surface area (Å²) in [5.41, 5.74) is 2.70. The summed E-state index contributed by atoms with van der Waals surface area (Å²) in [5, 5.41) is 4.33. The van der Waals surface area contributed by atoms with E-state index in [0.717, 1.165) is 33.5 Å². The van der Waals surface area contributed by atoms with Crippen molar-refractivity contribution >= 4 is 43.5 Å². The fraction of sp³-hybridized carbons (Fsp3) is 0.294. The molecule has 2 aromatic carbocycles. The minimum atomic E-state index is 0.463. The summed E-state index contributed by atoms with van der Waals surface area (Å²) in [6.07, 6.45) is 1.14. The van der Waals surface area contributed by atoms with Crippen LogP contribution in [0.4, 0.5) is 0 Å². The first-order chi connectivity index (χ1) is 10.1. The van der Waals surface area contributed by atoms with Gasteiger partial charge in [-0.25, -0.2) is 0 Å². The number of piperidine rings is 1. The Morgan fingerprint density at radius 3 is 2.52 bits per heavy atom. The van der Waals surface area contributed by atoms with Gasteiger partial charge in [0.05, 0.1) is 0 Å². The molecule has 1 fully saturated rings. The first kappa shape index (κ1) is 15.5. The summed E-state index contributed by atoms with van der Waals surface area (Å²) in [6.45, 7) is 2.06. The lowest BCUT2D eigenvalue weighted by atomic mass is 9.77. The number of hydrogen-bond acceptors (Lipinski definition) is 1. The van der Waals surface area contributed by atoms with Gasteiger partial charge in [-0.2, -0.15) is 0 Å². The van der Waals surface area contributed by atoms with Gasteiger partial charge in [-0.3, -0.25) is 0 Å². The van der Waals surface area contributed by atoms with E-state index in [1.807, 2.05) is 12.1 Å². The molecule has 2 atom stereocenters. The van der Waals surface area contributed by atoms with Crippen LogP contribution in [0, 0.1) is 0 Å². The zero-order valence-electron chi connectivity index (χ0n) is 11.5. The molecule has 1 saturated heterocycles. The van der Waals surface area contributed by atoms with Gasteiger partial charge in [-0.05, 0) is 86.1 Å². The summed E-state index contributed by atoms with van der Waals surface area (Å²) in [5.74, 6) is 0.986. The van der Waals surface area contributed by atoms with Crippen LogP contribution in [-0.2, 0) is 0 Å². The van der Waals surface area contributed by atoms with Gasteiger partial charge < -0.3 is 5.32 Å². The van der Waals surface area contributed by atoms with E-state index in [1.54, 1.807) is 0 Å². The van der Waals surface area contributed by atoms with Gasteiger partial charge in [-0.15, -0.1) is 0 Å². The molecule has 4 heteroatoms. The van der Waals surface area contributed by atoms with Crippen LogP contribution < -0.4 is 5.32 Å². The highest BCUT2D eigenvalue weighted by Gasteiger charge is 2.28. The van der Waals surface area contributed by atoms with Gasteiger partial charge in [0.1, 0.15) is 0 Å². The summed E-state index contributed by atoms with van der Waals surface area (Å²) in [4.78, 5) is 0. The lowest BCUT2D eigenvalue weighted by molar-refractivity contribution is 0.404. The zero-order valence-corrected chi connectivity index (χ0v) is 15.4. The summed E-state index contributed by atoms with van der Waals surface area (Å²) in [6, 6.07) is 14.8. The summed E-state index contributed by atoms with van der Waals surface area (Å²) >= 11 is 13.3. The maximum absolute atomic E-state index is 6.17. The first-order valence-electron chi connectivity index (χ1n) is 7.06. The van der Waals surface area contributed by atoms with Crippen molar-refractivity contribution in [3.63, 3.8) is 0 Å². The van der Waals surface area contributed by atoms with Crippen molar-refractivity contribution < 1.29 is 0 Å². The zero-order chi connectivity index (χ0) is 14.8. The van der Waals surface area contributed by atoms with Gasteiger partial charge in [-0.1, -0.05) is 29.8 Å². The molecular formula is C17H16Br2ClN. The quantitative estimate of drug-likeness (QED) is 0.643. The molecule has 3 rings (SSSR count). The number of halogens is 3. The van der Waals surface area contributed by atoms with E-state index in [0.29, 0.717) is 11.8 Å². The highest BCUT2D eigenvalue weighted by atomic mass is 79.9. The van der Waals surface area contributed by atoms with Crippen LogP contribution in [0.2, 0.25) is 5.02 Å². The molecule has 0 bridgehead atoms. The van der Waals surface area contributed by atoms with Crippen LogP contribution in [-0.4, -0.2) is 13.1 Å². The molecule has 21 heavy (non-hydrogen) atoms. The number of rotatable bonds is 2. The molecule has 2 unspecified atom stereocenters. The third-order valence-corrected chi connectivity index (χ3v) is 6.25. The molecule has 0 aliphatic carbocycles. The lowest BCUT2D eigenvalue weighted by Gasteiger charge is -2.33. The predicted octanol–water partition coefficient (Wildman–Crippen LogP) is 5.73. The number of hydrogen-bond donors (Lipinski definition) is 1. The van der Waals surface area contributed by atoms with Gasteiger partial charge in [0.25, 0.3) is 0 Å². The van der Waals surface area contributed by atoms with Gasteiger partial charge in [0.15, 0.2) is 0 Å². The summed E-state index contributed by atoms with van der Waals surface area (Å²) in [7, 11) is 0. The predicted molar refractivity (Wildman–Crippen MR) is 96.3 cm³/mol. The van der Waals surface area contributed by atoms with E-state index in [4.69, 9.17) is 11.6 Å². The number of benzene rings is 2. The summed E-state index contributed by atoms with van der Waals surface area (Å²) < 4.78 is 2.21. The third-order valence-electron chi connectivity index (χ3n) is 4.13. The average molecular weight is 430 g/mol. The van der Waals surface area contributed by atoms with Gasteiger partial charge >= 0.3 is 0 Å². The van der Waals surface area contributed by atoms with Crippen LogP contribution in [0.1, 0.15) is 29.4 Å². The standard InChI is InChI=1S/C17H16Br2ClN/c18-16-5-4-12(9-17(16)19)14-6-7-21-10-15(14)11-2-1-3-13(20)8-11/h1-5,8-9,14-15,21H,6-7,10H2. The second kappa shape index (κ2) is 6.82. The monoisotopic (exact) mass is 427 g/mol. The second-order valence-corrected chi connectivity index (χ2v) is 7.58. The smallest absolute Gasteiger partial charge is 0.0408 e. The molecule has 1 heterocycles. The maximum Gasteiger partial charge on any atom is 0.0408 e. The number of nitrogens with one attached hydrogen (secondary N) is 1. The van der Waals surface area contributed by atoms with Crippen molar-refractivity contribution in [1.82, 2.24) is 5.32 Å². The molecule has 1 aliphatic heterocycles. The highest BCUT2D eigenvalue weighted by Crippen LogP contribution is 2.39. The van der Waals surface area contributed by atoms with E-state index in [-0.39, 0.29) is 0 Å².